The van der Waals surface area contributed by atoms with E-state index in [1.54, 1.807) is 0 Å². The minimum Gasteiger partial charge on any atom is -0.462 e. The monoisotopic (exact) mass is 470 g/mol. The summed E-state index contributed by atoms with van der Waals surface area (Å²) in [6, 6.07) is 0. The molecule has 5 aliphatic carbocycles. The summed E-state index contributed by atoms with van der Waals surface area (Å²) >= 11 is 0. The second-order valence-corrected chi connectivity index (χ2v) is 14.5. The Kier molecular flexibility index (Phi) is 5.89. The molecule has 5 rings (SSSR count). The molecule has 5 fully saturated rings. The van der Waals surface area contributed by atoms with Crippen LogP contribution >= 0.6 is 0 Å². The molecule has 10 unspecified atom stereocenters. The van der Waals surface area contributed by atoms with Crippen LogP contribution in [0.1, 0.15) is 119 Å². The molecule has 0 aliphatic heterocycles. The van der Waals surface area contributed by atoms with E-state index in [9.17, 15) is 9.59 Å². The first-order valence-electron chi connectivity index (χ1n) is 14.6. The fourth-order valence-electron chi connectivity index (χ4n) is 11.1. The lowest BCUT2D eigenvalue weighted by Gasteiger charge is -2.61. The van der Waals surface area contributed by atoms with Crippen LogP contribution in [0.3, 0.4) is 0 Å². The topological polar surface area (TPSA) is 43.4 Å². The molecule has 0 amide bonds. The Morgan fingerprint density at radius 3 is 2.41 bits per heavy atom. The smallest absolute Gasteiger partial charge is 0.302 e. The molecule has 10 atom stereocenters. The van der Waals surface area contributed by atoms with Crippen LogP contribution in [0.15, 0.2) is 0 Å². The van der Waals surface area contributed by atoms with E-state index in [0.717, 1.165) is 37.0 Å². The van der Waals surface area contributed by atoms with Crippen LogP contribution in [0.2, 0.25) is 0 Å². The van der Waals surface area contributed by atoms with Crippen molar-refractivity contribution in [1.82, 2.24) is 0 Å². The van der Waals surface area contributed by atoms with Crippen molar-refractivity contribution in [2.45, 2.75) is 125 Å². The second-order valence-electron chi connectivity index (χ2n) is 14.5. The highest BCUT2D eigenvalue weighted by atomic mass is 16.5. The number of Topliss-reactive ketones (excluding diaryl/α,β-unsaturated/α-hetero) is 1. The van der Waals surface area contributed by atoms with Gasteiger partial charge >= 0.3 is 5.97 Å². The second kappa shape index (κ2) is 8.07. The summed E-state index contributed by atoms with van der Waals surface area (Å²) in [6.45, 7) is 16.1. The number of rotatable bonds is 6. The van der Waals surface area contributed by atoms with Gasteiger partial charge in [0.15, 0.2) is 0 Å². The lowest BCUT2D eigenvalue weighted by Crippen LogP contribution is -2.59. The fraction of sp³-hybridized carbons (Fsp3) is 0.935. The number of hydrogen-bond donors (Lipinski definition) is 0. The standard InChI is InChI=1S/C31H50O3/c1-19(2)9-8-10-20(3)23-11-13-29(7)27-25(33)17-24-21(4)26(34-22(5)32)12-14-30(24)18-31(27,30)16-15-28(23,29)6/h19-21,23-24,26-27H,8-18H2,1-7H3. The quantitative estimate of drug-likeness (QED) is 0.375. The normalized spacial score (nSPS) is 50.1. The number of hydrogen-bond acceptors (Lipinski definition) is 3. The predicted molar refractivity (Wildman–Crippen MR) is 136 cm³/mol. The van der Waals surface area contributed by atoms with Crippen molar-refractivity contribution in [3.05, 3.63) is 0 Å². The number of esters is 1. The number of carbonyl (C=O) groups excluding carboxylic acids is 2. The van der Waals surface area contributed by atoms with E-state index in [4.69, 9.17) is 4.74 Å². The molecule has 0 saturated heterocycles. The molecule has 3 nitrogen and oxygen atoms in total. The molecular weight excluding hydrogens is 420 g/mol. The Balaban J connectivity index is 1.39. The molecule has 0 aromatic rings. The fourth-order valence-corrected chi connectivity index (χ4v) is 11.1. The van der Waals surface area contributed by atoms with Crippen molar-refractivity contribution in [3.8, 4) is 0 Å². The van der Waals surface area contributed by atoms with E-state index in [-0.39, 0.29) is 28.8 Å². The third-order valence-electron chi connectivity index (χ3n) is 12.9. The van der Waals surface area contributed by atoms with Crippen molar-refractivity contribution in [2.24, 2.45) is 57.2 Å². The van der Waals surface area contributed by atoms with Gasteiger partial charge in [0.1, 0.15) is 11.9 Å². The zero-order chi connectivity index (χ0) is 24.7. The van der Waals surface area contributed by atoms with Crippen LogP contribution < -0.4 is 0 Å². The van der Waals surface area contributed by atoms with Crippen LogP contribution in [0, 0.1) is 57.2 Å². The molecule has 34 heavy (non-hydrogen) atoms. The maximum atomic E-state index is 14.1. The Hall–Kier alpha value is -0.860. The number of ether oxygens (including phenoxy) is 1. The molecule has 2 spiro atoms. The summed E-state index contributed by atoms with van der Waals surface area (Å²) in [5, 5.41) is 0. The van der Waals surface area contributed by atoms with Gasteiger partial charge in [0.2, 0.25) is 0 Å². The molecule has 0 heterocycles. The zero-order valence-electron chi connectivity index (χ0n) is 23.0. The van der Waals surface area contributed by atoms with Gasteiger partial charge < -0.3 is 4.74 Å². The van der Waals surface area contributed by atoms with Gasteiger partial charge in [0.05, 0.1) is 0 Å². The SMILES string of the molecule is CC(=O)OC1CCC23CC24CCC2(C)C(C(C)CCCC(C)C)CCC2(C)C4C(=O)CC3C1C. The molecule has 0 aromatic carbocycles. The van der Waals surface area contributed by atoms with Crippen molar-refractivity contribution in [2.75, 3.05) is 0 Å². The lowest BCUT2D eigenvalue weighted by molar-refractivity contribution is -0.172. The average molecular weight is 471 g/mol. The first kappa shape index (κ1) is 24.8. The van der Waals surface area contributed by atoms with Crippen molar-refractivity contribution >= 4 is 11.8 Å². The molecule has 3 heteroatoms. The Morgan fingerprint density at radius 1 is 1.00 bits per heavy atom. The third kappa shape index (κ3) is 3.19. The van der Waals surface area contributed by atoms with Gasteiger partial charge in [-0.2, -0.15) is 0 Å². The number of carbonyl (C=O) groups is 2. The van der Waals surface area contributed by atoms with E-state index in [1.807, 2.05) is 0 Å². The Labute approximate surface area is 208 Å². The van der Waals surface area contributed by atoms with Crippen molar-refractivity contribution < 1.29 is 14.3 Å². The van der Waals surface area contributed by atoms with Crippen LogP contribution in [-0.4, -0.2) is 17.9 Å². The first-order valence-corrected chi connectivity index (χ1v) is 14.6. The summed E-state index contributed by atoms with van der Waals surface area (Å²) in [5.74, 6) is 3.70. The van der Waals surface area contributed by atoms with Gasteiger partial charge in [0, 0.05) is 19.3 Å². The number of fused-ring (bicyclic) bond motifs is 2. The summed E-state index contributed by atoms with van der Waals surface area (Å²) in [7, 11) is 0. The van der Waals surface area contributed by atoms with E-state index in [2.05, 4.69) is 41.5 Å². The molecule has 5 aliphatic rings. The Morgan fingerprint density at radius 2 is 1.74 bits per heavy atom. The van der Waals surface area contributed by atoms with E-state index >= 15 is 0 Å². The highest BCUT2D eigenvalue weighted by Crippen LogP contribution is 2.87. The molecule has 0 aromatic heterocycles. The first-order chi connectivity index (χ1) is 15.9. The highest BCUT2D eigenvalue weighted by Gasteiger charge is 2.83. The van der Waals surface area contributed by atoms with E-state index in [1.165, 1.54) is 58.3 Å². The van der Waals surface area contributed by atoms with E-state index in [0.29, 0.717) is 28.4 Å². The summed E-state index contributed by atoms with van der Waals surface area (Å²) in [5.41, 5.74) is 1.04. The van der Waals surface area contributed by atoms with Gasteiger partial charge in [-0.3, -0.25) is 9.59 Å². The van der Waals surface area contributed by atoms with Gasteiger partial charge in [-0.15, -0.1) is 0 Å². The van der Waals surface area contributed by atoms with Gasteiger partial charge in [-0.25, -0.2) is 0 Å². The largest absolute Gasteiger partial charge is 0.462 e. The Bertz CT molecular complexity index is 848. The predicted octanol–water partition coefficient (Wildman–Crippen LogP) is 7.61. The van der Waals surface area contributed by atoms with E-state index < -0.39 is 0 Å². The molecule has 5 saturated carbocycles. The molecule has 0 radical (unpaired) electrons. The van der Waals surface area contributed by atoms with Gasteiger partial charge in [-0.1, -0.05) is 60.8 Å². The van der Waals surface area contributed by atoms with Crippen LogP contribution in [0.5, 0.6) is 0 Å². The minimum absolute atomic E-state index is 0.00196. The molecule has 0 N–H and O–H groups in total. The van der Waals surface area contributed by atoms with Crippen LogP contribution in [-0.2, 0) is 14.3 Å². The highest BCUT2D eigenvalue weighted by molar-refractivity contribution is 5.86. The van der Waals surface area contributed by atoms with Gasteiger partial charge in [-0.05, 0) is 96.2 Å². The molecular formula is C31H50O3. The van der Waals surface area contributed by atoms with Gasteiger partial charge in [0.25, 0.3) is 0 Å². The summed E-state index contributed by atoms with van der Waals surface area (Å²) in [6.07, 6.45) is 13.3. The molecule has 0 bridgehead atoms. The average Bonchev–Trinajstić information content (AvgIpc) is 3.31. The van der Waals surface area contributed by atoms with Crippen molar-refractivity contribution in [3.63, 3.8) is 0 Å². The van der Waals surface area contributed by atoms with Crippen LogP contribution in [0.4, 0.5) is 0 Å². The third-order valence-corrected chi connectivity index (χ3v) is 12.9. The maximum Gasteiger partial charge on any atom is 0.302 e. The van der Waals surface area contributed by atoms with Crippen molar-refractivity contribution in [1.29, 1.82) is 0 Å². The minimum atomic E-state index is -0.168. The van der Waals surface area contributed by atoms with Crippen LogP contribution in [0.25, 0.3) is 0 Å². The molecule has 192 valence electrons. The maximum absolute atomic E-state index is 14.1. The zero-order valence-corrected chi connectivity index (χ0v) is 23.0. The lowest BCUT2D eigenvalue weighted by atomic mass is 9.42. The summed E-state index contributed by atoms with van der Waals surface area (Å²) < 4.78 is 5.73. The number of ketones is 1. The summed E-state index contributed by atoms with van der Waals surface area (Å²) in [4.78, 5) is 25.8.